The molecule has 4 bridgehead atoms. The first-order chi connectivity index (χ1) is 9.22. The van der Waals surface area contributed by atoms with Gasteiger partial charge in [0.05, 0.1) is 5.69 Å². The molecule has 0 spiro atoms. The summed E-state index contributed by atoms with van der Waals surface area (Å²) >= 11 is 0. The number of hydrogen-bond acceptors (Lipinski definition) is 3. The maximum absolute atomic E-state index is 11.7. The van der Waals surface area contributed by atoms with E-state index in [-0.39, 0.29) is 5.69 Å². The standard InChI is InChI=1S/C15H21N3O/c16-7-12-6-13(18-15(19)17-12)14-10-2-8-1-9(4-10)5-11(14)3-8/h6,8-11,14H,1-5,7,16H2,(H,17,18,19). The third kappa shape index (κ3) is 1.84. The molecule has 5 rings (SSSR count). The van der Waals surface area contributed by atoms with Crippen molar-refractivity contribution < 1.29 is 0 Å². The minimum absolute atomic E-state index is 0.230. The summed E-state index contributed by atoms with van der Waals surface area (Å²) in [4.78, 5) is 18.7. The number of rotatable bonds is 2. The highest BCUT2D eigenvalue weighted by atomic mass is 16.1. The van der Waals surface area contributed by atoms with E-state index in [2.05, 4.69) is 9.97 Å². The van der Waals surface area contributed by atoms with Crippen molar-refractivity contribution in [3.63, 3.8) is 0 Å². The molecule has 102 valence electrons. The number of nitrogens with two attached hydrogens (primary N) is 1. The van der Waals surface area contributed by atoms with Crippen molar-refractivity contribution >= 4 is 0 Å². The van der Waals surface area contributed by atoms with Crippen LogP contribution in [0.15, 0.2) is 10.9 Å². The highest BCUT2D eigenvalue weighted by Crippen LogP contribution is 2.59. The molecule has 4 aliphatic rings. The lowest BCUT2D eigenvalue weighted by Gasteiger charge is -2.54. The molecule has 1 heterocycles. The number of H-pyrrole nitrogens is 1. The van der Waals surface area contributed by atoms with E-state index < -0.39 is 0 Å². The van der Waals surface area contributed by atoms with E-state index >= 15 is 0 Å². The maximum atomic E-state index is 11.7. The molecule has 4 fully saturated rings. The zero-order chi connectivity index (χ0) is 13.0. The Balaban J connectivity index is 1.72. The van der Waals surface area contributed by atoms with Crippen molar-refractivity contribution in [2.75, 3.05) is 0 Å². The third-order valence-electron chi connectivity index (χ3n) is 5.61. The van der Waals surface area contributed by atoms with Crippen LogP contribution in [0, 0.1) is 23.7 Å². The van der Waals surface area contributed by atoms with Gasteiger partial charge in [0.15, 0.2) is 0 Å². The Morgan fingerprint density at radius 3 is 2.37 bits per heavy atom. The summed E-state index contributed by atoms with van der Waals surface area (Å²) in [6.45, 7) is 0.387. The lowest BCUT2D eigenvalue weighted by Crippen LogP contribution is -2.44. The fourth-order valence-corrected chi connectivity index (χ4v) is 5.22. The van der Waals surface area contributed by atoms with Crippen LogP contribution in [0.3, 0.4) is 0 Å². The molecule has 4 nitrogen and oxygen atoms in total. The monoisotopic (exact) mass is 259 g/mol. The van der Waals surface area contributed by atoms with Crippen LogP contribution in [0.4, 0.5) is 0 Å². The molecule has 0 aliphatic heterocycles. The molecule has 0 aromatic carbocycles. The molecule has 0 radical (unpaired) electrons. The predicted molar refractivity (Wildman–Crippen MR) is 72.5 cm³/mol. The molecule has 4 saturated carbocycles. The smallest absolute Gasteiger partial charge is 0.325 e. The Labute approximate surface area is 112 Å². The fraction of sp³-hybridized carbons (Fsp3) is 0.733. The molecule has 1 aromatic heterocycles. The molecule has 4 heteroatoms. The minimum atomic E-state index is -0.230. The molecular weight excluding hydrogens is 238 g/mol. The van der Waals surface area contributed by atoms with Gasteiger partial charge >= 0.3 is 5.69 Å². The third-order valence-corrected chi connectivity index (χ3v) is 5.61. The van der Waals surface area contributed by atoms with Crippen LogP contribution in [-0.4, -0.2) is 9.97 Å². The molecule has 19 heavy (non-hydrogen) atoms. The molecule has 3 N–H and O–H groups in total. The summed E-state index contributed by atoms with van der Waals surface area (Å²) in [5, 5.41) is 0. The summed E-state index contributed by atoms with van der Waals surface area (Å²) in [5.41, 5.74) is 7.27. The van der Waals surface area contributed by atoms with Crippen LogP contribution < -0.4 is 11.4 Å². The lowest BCUT2D eigenvalue weighted by molar-refractivity contribution is -0.00429. The van der Waals surface area contributed by atoms with Gasteiger partial charge in [-0.3, -0.25) is 0 Å². The van der Waals surface area contributed by atoms with Gasteiger partial charge in [0.25, 0.3) is 0 Å². The minimum Gasteiger partial charge on any atom is -0.325 e. The second kappa shape index (κ2) is 4.17. The summed E-state index contributed by atoms with van der Waals surface area (Å²) < 4.78 is 0. The second-order valence-electron chi connectivity index (χ2n) is 6.80. The second-order valence-corrected chi connectivity index (χ2v) is 6.80. The van der Waals surface area contributed by atoms with Crippen LogP contribution >= 0.6 is 0 Å². The van der Waals surface area contributed by atoms with Gasteiger partial charge in [0, 0.05) is 18.2 Å². The van der Waals surface area contributed by atoms with Crippen LogP contribution in [-0.2, 0) is 6.54 Å². The topological polar surface area (TPSA) is 71.8 Å². The normalized spacial score (nSPS) is 39.7. The van der Waals surface area contributed by atoms with E-state index in [9.17, 15) is 4.79 Å². The van der Waals surface area contributed by atoms with E-state index in [0.29, 0.717) is 12.5 Å². The quantitative estimate of drug-likeness (QED) is 0.850. The number of aromatic amines is 1. The molecule has 4 aliphatic carbocycles. The average Bonchev–Trinajstić information content (AvgIpc) is 2.36. The maximum Gasteiger partial charge on any atom is 0.345 e. The van der Waals surface area contributed by atoms with Crippen molar-refractivity contribution in [2.24, 2.45) is 29.4 Å². The number of hydrogen-bond donors (Lipinski definition) is 2. The van der Waals surface area contributed by atoms with Crippen LogP contribution in [0.5, 0.6) is 0 Å². The molecule has 1 aromatic rings. The first-order valence-corrected chi connectivity index (χ1v) is 7.53. The number of nitrogens with zero attached hydrogens (tertiary/aromatic N) is 1. The zero-order valence-electron chi connectivity index (χ0n) is 11.1. The van der Waals surface area contributed by atoms with Gasteiger partial charge in [-0.2, -0.15) is 4.98 Å². The molecule has 0 amide bonds. The Morgan fingerprint density at radius 1 is 1.16 bits per heavy atom. The highest BCUT2D eigenvalue weighted by Gasteiger charge is 2.49. The largest absolute Gasteiger partial charge is 0.345 e. The van der Waals surface area contributed by atoms with Gasteiger partial charge in [-0.25, -0.2) is 4.79 Å². The number of nitrogens with one attached hydrogen (secondary N) is 1. The summed E-state index contributed by atoms with van der Waals surface area (Å²) in [6.07, 6.45) is 6.86. The van der Waals surface area contributed by atoms with Crippen molar-refractivity contribution in [2.45, 2.75) is 44.6 Å². The lowest BCUT2D eigenvalue weighted by atomic mass is 9.51. The molecule has 0 unspecified atom stereocenters. The van der Waals surface area contributed by atoms with Gasteiger partial charge in [-0.15, -0.1) is 0 Å². The van der Waals surface area contributed by atoms with E-state index in [1.807, 2.05) is 6.07 Å². The van der Waals surface area contributed by atoms with E-state index in [0.717, 1.165) is 35.1 Å². The molecule has 0 atom stereocenters. The van der Waals surface area contributed by atoms with E-state index in [4.69, 9.17) is 5.73 Å². The van der Waals surface area contributed by atoms with Crippen LogP contribution in [0.2, 0.25) is 0 Å². The summed E-state index contributed by atoms with van der Waals surface area (Å²) in [6, 6.07) is 2.04. The first kappa shape index (κ1) is 11.6. The van der Waals surface area contributed by atoms with Gasteiger partial charge in [0.1, 0.15) is 0 Å². The highest BCUT2D eigenvalue weighted by molar-refractivity contribution is 5.18. The Kier molecular flexibility index (Phi) is 2.56. The Bertz CT molecular complexity index is 523. The average molecular weight is 259 g/mol. The zero-order valence-corrected chi connectivity index (χ0v) is 11.1. The Hall–Kier alpha value is -1.16. The van der Waals surface area contributed by atoms with Gasteiger partial charge < -0.3 is 10.7 Å². The first-order valence-electron chi connectivity index (χ1n) is 7.53. The molecule has 0 saturated heterocycles. The van der Waals surface area contributed by atoms with Crippen molar-refractivity contribution in [3.05, 3.63) is 27.9 Å². The van der Waals surface area contributed by atoms with Crippen molar-refractivity contribution in [3.8, 4) is 0 Å². The van der Waals surface area contributed by atoms with Crippen LogP contribution in [0.25, 0.3) is 0 Å². The Morgan fingerprint density at radius 2 is 1.79 bits per heavy atom. The summed E-state index contributed by atoms with van der Waals surface area (Å²) in [7, 11) is 0. The van der Waals surface area contributed by atoms with E-state index in [1.54, 1.807) is 0 Å². The predicted octanol–water partition coefficient (Wildman–Crippen LogP) is 1.77. The van der Waals surface area contributed by atoms with Crippen LogP contribution in [0.1, 0.15) is 49.4 Å². The fourth-order valence-electron chi connectivity index (χ4n) is 5.22. The van der Waals surface area contributed by atoms with Crippen molar-refractivity contribution in [1.29, 1.82) is 0 Å². The van der Waals surface area contributed by atoms with Gasteiger partial charge in [-0.05, 0) is 61.8 Å². The molecular formula is C15H21N3O. The SMILES string of the molecule is NCc1cc(C2C3CC4CC(C3)CC2C4)nc(=O)[nH]1. The van der Waals surface area contributed by atoms with E-state index in [1.165, 1.54) is 32.1 Å². The van der Waals surface area contributed by atoms with Crippen molar-refractivity contribution in [1.82, 2.24) is 9.97 Å². The van der Waals surface area contributed by atoms with Gasteiger partial charge in [-0.1, -0.05) is 0 Å². The summed E-state index contributed by atoms with van der Waals surface area (Å²) in [5.74, 6) is 3.94. The van der Waals surface area contributed by atoms with Gasteiger partial charge in [0.2, 0.25) is 0 Å². The number of aromatic nitrogens is 2.